The molecule has 1 saturated heterocycles. The van der Waals surface area contributed by atoms with Gasteiger partial charge in [-0.2, -0.15) is 4.98 Å². The van der Waals surface area contributed by atoms with Crippen molar-refractivity contribution in [1.82, 2.24) is 15.0 Å². The van der Waals surface area contributed by atoms with Gasteiger partial charge in [0.05, 0.1) is 5.92 Å². The molecule has 128 valence electrons. The van der Waals surface area contributed by atoms with Gasteiger partial charge in [0.2, 0.25) is 5.89 Å². The SMILES string of the molecule is Cc1cccc(C(=O)N2CCC(c3nc(Cc4cccs4)no3)C2)c1. The predicted octanol–water partition coefficient (Wildman–Crippen LogP) is 3.66. The molecule has 3 aromatic rings. The highest BCUT2D eigenvalue weighted by molar-refractivity contribution is 7.09. The van der Waals surface area contributed by atoms with Crippen molar-refractivity contribution in [1.29, 1.82) is 0 Å². The number of rotatable bonds is 4. The summed E-state index contributed by atoms with van der Waals surface area (Å²) in [6.45, 7) is 3.35. The van der Waals surface area contributed by atoms with Crippen molar-refractivity contribution in [3.05, 3.63) is 69.5 Å². The van der Waals surface area contributed by atoms with Crippen molar-refractivity contribution in [3.63, 3.8) is 0 Å². The maximum Gasteiger partial charge on any atom is 0.253 e. The fraction of sp³-hybridized carbons (Fsp3) is 0.316. The van der Waals surface area contributed by atoms with E-state index in [2.05, 4.69) is 16.2 Å². The van der Waals surface area contributed by atoms with E-state index >= 15 is 0 Å². The molecule has 0 N–H and O–H groups in total. The second-order valence-electron chi connectivity index (χ2n) is 6.41. The molecule has 0 spiro atoms. The van der Waals surface area contributed by atoms with Crippen LogP contribution in [0.25, 0.3) is 0 Å². The van der Waals surface area contributed by atoms with E-state index in [4.69, 9.17) is 4.52 Å². The molecule has 1 aromatic carbocycles. The van der Waals surface area contributed by atoms with Crippen molar-refractivity contribution in [2.45, 2.75) is 25.7 Å². The maximum absolute atomic E-state index is 12.7. The summed E-state index contributed by atoms with van der Waals surface area (Å²) in [5.41, 5.74) is 1.83. The lowest BCUT2D eigenvalue weighted by molar-refractivity contribution is 0.0789. The van der Waals surface area contributed by atoms with Gasteiger partial charge in [-0.1, -0.05) is 28.9 Å². The number of likely N-dealkylation sites (tertiary alicyclic amines) is 1. The van der Waals surface area contributed by atoms with E-state index in [9.17, 15) is 4.79 Å². The Kier molecular flexibility index (Phi) is 4.36. The fourth-order valence-electron chi connectivity index (χ4n) is 3.18. The Labute approximate surface area is 150 Å². The van der Waals surface area contributed by atoms with Gasteiger partial charge in [0.1, 0.15) is 0 Å². The number of benzene rings is 1. The van der Waals surface area contributed by atoms with Gasteiger partial charge in [0.15, 0.2) is 5.82 Å². The first-order valence-electron chi connectivity index (χ1n) is 8.40. The summed E-state index contributed by atoms with van der Waals surface area (Å²) in [7, 11) is 0. The minimum absolute atomic E-state index is 0.0736. The van der Waals surface area contributed by atoms with Crippen molar-refractivity contribution in [2.75, 3.05) is 13.1 Å². The third-order valence-electron chi connectivity index (χ3n) is 4.49. The van der Waals surface area contributed by atoms with Crippen LogP contribution in [0.1, 0.15) is 44.9 Å². The van der Waals surface area contributed by atoms with E-state index in [0.717, 1.165) is 24.1 Å². The molecule has 1 amide bonds. The van der Waals surface area contributed by atoms with Crippen LogP contribution in [0.4, 0.5) is 0 Å². The van der Waals surface area contributed by atoms with E-state index in [0.29, 0.717) is 24.7 Å². The standard InChI is InChI=1S/C19H19N3O2S/c1-13-4-2-5-14(10-13)19(23)22-8-7-15(12-22)18-20-17(21-24-18)11-16-6-3-9-25-16/h2-6,9-10,15H,7-8,11-12H2,1H3. The number of carbonyl (C=O) groups excluding carboxylic acids is 1. The molecule has 0 radical (unpaired) electrons. The average Bonchev–Trinajstić information content (AvgIpc) is 3.36. The monoisotopic (exact) mass is 353 g/mol. The zero-order valence-electron chi connectivity index (χ0n) is 14.0. The van der Waals surface area contributed by atoms with E-state index in [1.165, 1.54) is 4.88 Å². The van der Waals surface area contributed by atoms with E-state index in [-0.39, 0.29) is 11.8 Å². The summed E-state index contributed by atoms with van der Waals surface area (Å²) < 4.78 is 5.46. The summed E-state index contributed by atoms with van der Waals surface area (Å²) in [4.78, 5) is 20.3. The third kappa shape index (κ3) is 3.49. The van der Waals surface area contributed by atoms with Crippen LogP contribution < -0.4 is 0 Å². The Balaban J connectivity index is 1.42. The van der Waals surface area contributed by atoms with Crippen LogP contribution in [-0.2, 0) is 6.42 Å². The normalized spacial score (nSPS) is 17.2. The molecule has 0 bridgehead atoms. The Morgan fingerprint density at radius 1 is 1.36 bits per heavy atom. The Hall–Kier alpha value is -2.47. The summed E-state index contributed by atoms with van der Waals surface area (Å²) in [5, 5.41) is 6.14. The van der Waals surface area contributed by atoms with Crippen LogP contribution in [0.15, 0.2) is 46.3 Å². The maximum atomic E-state index is 12.7. The van der Waals surface area contributed by atoms with Crippen LogP contribution in [-0.4, -0.2) is 34.0 Å². The van der Waals surface area contributed by atoms with Gasteiger partial charge in [-0.15, -0.1) is 11.3 Å². The van der Waals surface area contributed by atoms with Crippen molar-refractivity contribution in [3.8, 4) is 0 Å². The lowest BCUT2D eigenvalue weighted by Gasteiger charge is -2.16. The lowest BCUT2D eigenvalue weighted by Crippen LogP contribution is -2.28. The molecular formula is C19H19N3O2S. The third-order valence-corrected chi connectivity index (χ3v) is 5.36. The number of aromatic nitrogens is 2. The molecule has 1 aliphatic rings. The number of carbonyl (C=O) groups is 1. The molecule has 1 atom stereocenters. The predicted molar refractivity (Wildman–Crippen MR) is 95.9 cm³/mol. The first-order chi connectivity index (χ1) is 12.2. The quantitative estimate of drug-likeness (QED) is 0.718. The molecule has 2 aromatic heterocycles. The molecule has 25 heavy (non-hydrogen) atoms. The number of thiophene rings is 1. The molecule has 1 fully saturated rings. The van der Waals surface area contributed by atoms with Gasteiger partial charge >= 0.3 is 0 Å². The first-order valence-corrected chi connectivity index (χ1v) is 9.28. The van der Waals surface area contributed by atoms with Gasteiger partial charge in [-0.3, -0.25) is 4.79 Å². The molecule has 1 unspecified atom stereocenters. The van der Waals surface area contributed by atoms with Crippen molar-refractivity contribution >= 4 is 17.2 Å². The number of hydrogen-bond donors (Lipinski definition) is 0. The zero-order valence-corrected chi connectivity index (χ0v) is 14.8. The number of aryl methyl sites for hydroxylation is 1. The van der Waals surface area contributed by atoms with Gasteiger partial charge in [-0.25, -0.2) is 0 Å². The van der Waals surface area contributed by atoms with Gasteiger partial charge in [0, 0.05) is 30.0 Å². The largest absolute Gasteiger partial charge is 0.339 e. The van der Waals surface area contributed by atoms with Gasteiger partial charge < -0.3 is 9.42 Å². The zero-order chi connectivity index (χ0) is 17.2. The van der Waals surface area contributed by atoms with Gasteiger partial charge in [0.25, 0.3) is 5.91 Å². The molecule has 4 rings (SSSR count). The summed E-state index contributed by atoms with van der Waals surface area (Å²) >= 11 is 1.69. The second-order valence-corrected chi connectivity index (χ2v) is 7.44. The van der Waals surface area contributed by atoms with Crippen LogP contribution in [0.2, 0.25) is 0 Å². The Bertz CT molecular complexity index is 872. The second kappa shape index (κ2) is 6.80. The highest BCUT2D eigenvalue weighted by Gasteiger charge is 2.31. The van der Waals surface area contributed by atoms with E-state index in [1.807, 2.05) is 47.5 Å². The Morgan fingerprint density at radius 2 is 2.28 bits per heavy atom. The smallest absolute Gasteiger partial charge is 0.253 e. The van der Waals surface area contributed by atoms with Crippen molar-refractivity contribution in [2.24, 2.45) is 0 Å². The highest BCUT2D eigenvalue weighted by Crippen LogP contribution is 2.27. The summed E-state index contributed by atoms with van der Waals surface area (Å²) in [6.07, 6.45) is 1.55. The molecular weight excluding hydrogens is 334 g/mol. The molecule has 0 aliphatic carbocycles. The lowest BCUT2D eigenvalue weighted by atomic mass is 10.1. The molecule has 0 saturated carbocycles. The molecule has 3 heterocycles. The first kappa shape index (κ1) is 16.0. The molecule has 1 aliphatic heterocycles. The number of amides is 1. The van der Waals surface area contributed by atoms with Gasteiger partial charge in [-0.05, 0) is 36.9 Å². The van der Waals surface area contributed by atoms with Crippen LogP contribution >= 0.6 is 11.3 Å². The summed E-state index contributed by atoms with van der Waals surface area (Å²) in [5.74, 6) is 1.55. The minimum Gasteiger partial charge on any atom is -0.339 e. The highest BCUT2D eigenvalue weighted by atomic mass is 32.1. The van der Waals surface area contributed by atoms with E-state index < -0.39 is 0 Å². The topological polar surface area (TPSA) is 59.2 Å². The van der Waals surface area contributed by atoms with Crippen molar-refractivity contribution < 1.29 is 9.32 Å². The summed E-state index contributed by atoms with van der Waals surface area (Å²) in [6, 6.07) is 11.8. The van der Waals surface area contributed by atoms with Crippen LogP contribution in [0, 0.1) is 6.92 Å². The minimum atomic E-state index is 0.0736. The number of nitrogens with zero attached hydrogens (tertiary/aromatic N) is 3. The fourth-order valence-corrected chi connectivity index (χ4v) is 3.88. The average molecular weight is 353 g/mol. The van der Waals surface area contributed by atoms with Crippen LogP contribution in [0.5, 0.6) is 0 Å². The molecule has 5 nitrogen and oxygen atoms in total. The Morgan fingerprint density at radius 3 is 3.08 bits per heavy atom. The van der Waals surface area contributed by atoms with E-state index in [1.54, 1.807) is 11.3 Å². The number of hydrogen-bond acceptors (Lipinski definition) is 5. The van der Waals surface area contributed by atoms with Crippen LogP contribution in [0.3, 0.4) is 0 Å². The molecule has 6 heteroatoms.